The minimum Gasteiger partial charge on any atom is -0.398 e. The van der Waals surface area contributed by atoms with Gasteiger partial charge in [0.25, 0.3) is 0 Å². The molecule has 0 aliphatic heterocycles. The number of halogens is 1. The van der Waals surface area contributed by atoms with Gasteiger partial charge in [-0.2, -0.15) is 0 Å². The molecule has 1 aliphatic carbocycles. The molecule has 0 bridgehead atoms. The Hall–Kier alpha value is -1.27. The van der Waals surface area contributed by atoms with E-state index in [9.17, 15) is 0 Å². The van der Waals surface area contributed by atoms with E-state index in [1.54, 1.807) is 17.8 Å². The molecule has 5 nitrogen and oxygen atoms in total. The molecular formula is C13H16ClN5S. The fourth-order valence-electron chi connectivity index (χ4n) is 2.50. The molecular weight excluding hydrogens is 294 g/mol. The Labute approximate surface area is 126 Å². The molecule has 1 aromatic heterocycles. The monoisotopic (exact) mass is 309 g/mol. The van der Waals surface area contributed by atoms with Crippen molar-refractivity contribution < 1.29 is 0 Å². The second kappa shape index (κ2) is 6.01. The van der Waals surface area contributed by atoms with Crippen molar-refractivity contribution in [3.63, 3.8) is 0 Å². The Morgan fingerprint density at radius 2 is 2.15 bits per heavy atom. The van der Waals surface area contributed by atoms with Crippen LogP contribution < -0.4 is 5.73 Å². The van der Waals surface area contributed by atoms with Crippen LogP contribution in [0.3, 0.4) is 0 Å². The number of hydrogen-bond donors (Lipinski definition) is 1. The zero-order valence-corrected chi connectivity index (χ0v) is 12.6. The highest BCUT2D eigenvalue weighted by Gasteiger charge is 2.21. The van der Waals surface area contributed by atoms with Gasteiger partial charge in [0.15, 0.2) is 0 Å². The number of benzene rings is 1. The van der Waals surface area contributed by atoms with Crippen LogP contribution in [0.5, 0.6) is 0 Å². The molecule has 3 rings (SSSR count). The Morgan fingerprint density at radius 1 is 1.35 bits per heavy atom. The minimum atomic E-state index is 0.454. The molecule has 7 heteroatoms. The third kappa shape index (κ3) is 2.91. The Morgan fingerprint density at radius 3 is 2.90 bits per heavy atom. The van der Waals surface area contributed by atoms with Gasteiger partial charge in [0.2, 0.25) is 5.16 Å². The molecule has 0 amide bonds. The number of nitrogen functional groups attached to an aromatic ring is 1. The van der Waals surface area contributed by atoms with Gasteiger partial charge in [0.05, 0.1) is 6.04 Å². The van der Waals surface area contributed by atoms with Crippen LogP contribution in [0.1, 0.15) is 37.3 Å². The van der Waals surface area contributed by atoms with Gasteiger partial charge in [-0.15, -0.1) is 5.10 Å². The summed E-state index contributed by atoms with van der Waals surface area (Å²) in [4.78, 5) is 0. The second-order valence-electron chi connectivity index (χ2n) is 4.98. The second-order valence-corrected chi connectivity index (χ2v) is 6.36. The Kier molecular flexibility index (Phi) is 4.12. The summed E-state index contributed by atoms with van der Waals surface area (Å²) >= 11 is 7.52. The van der Waals surface area contributed by atoms with E-state index in [1.165, 1.54) is 25.7 Å². The third-order valence-corrected chi connectivity index (χ3v) is 4.82. The van der Waals surface area contributed by atoms with Crippen molar-refractivity contribution in [1.29, 1.82) is 0 Å². The molecule has 2 N–H and O–H groups in total. The van der Waals surface area contributed by atoms with Crippen LogP contribution in [-0.2, 0) is 5.75 Å². The number of thioether (sulfide) groups is 1. The van der Waals surface area contributed by atoms with Crippen molar-refractivity contribution >= 4 is 29.1 Å². The van der Waals surface area contributed by atoms with Crippen LogP contribution in [-0.4, -0.2) is 20.2 Å². The summed E-state index contributed by atoms with van der Waals surface area (Å²) < 4.78 is 1.96. The lowest BCUT2D eigenvalue weighted by Gasteiger charge is -2.11. The van der Waals surface area contributed by atoms with E-state index in [0.717, 1.165) is 16.5 Å². The van der Waals surface area contributed by atoms with Crippen molar-refractivity contribution in [3.05, 3.63) is 28.8 Å². The van der Waals surface area contributed by atoms with E-state index >= 15 is 0 Å². The SMILES string of the molecule is Nc1cc(Cl)ccc1CSc1nnnn1C1CCCC1. The molecule has 1 fully saturated rings. The smallest absolute Gasteiger partial charge is 0.209 e. The molecule has 0 unspecified atom stereocenters. The van der Waals surface area contributed by atoms with E-state index in [2.05, 4.69) is 15.5 Å². The predicted octanol–water partition coefficient (Wildman–Crippen LogP) is 3.32. The van der Waals surface area contributed by atoms with Crippen LogP contribution in [0, 0.1) is 0 Å². The number of tetrazole rings is 1. The molecule has 0 atom stereocenters. The summed E-state index contributed by atoms with van der Waals surface area (Å²) in [5.74, 6) is 0.746. The average molecular weight is 310 g/mol. The van der Waals surface area contributed by atoms with Crippen molar-refractivity contribution in [2.75, 3.05) is 5.73 Å². The minimum absolute atomic E-state index is 0.454. The van der Waals surface area contributed by atoms with Gasteiger partial charge in [0.1, 0.15) is 0 Å². The summed E-state index contributed by atoms with van der Waals surface area (Å²) in [5.41, 5.74) is 7.73. The summed E-state index contributed by atoms with van der Waals surface area (Å²) in [6.45, 7) is 0. The van der Waals surface area contributed by atoms with Crippen LogP contribution in [0.15, 0.2) is 23.4 Å². The van der Waals surface area contributed by atoms with Gasteiger partial charge in [0, 0.05) is 16.5 Å². The Bertz CT molecular complexity index is 594. The van der Waals surface area contributed by atoms with E-state index in [4.69, 9.17) is 17.3 Å². The number of rotatable bonds is 4. The molecule has 2 aromatic rings. The molecule has 1 aliphatic rings. The molecule has 0 spiro atoms. The molecule has 20 heavy (non-hydrogen) atoms. The largest absolute Gasteiger partial charge is 0.398 e. The topological polar surface area (TPSA) is 69.6 Å². The molecule has 1 saturated carbocycles. The third-order valence-electron chi connectivity index (χ3n) is 3.60. The summed E-state index contributed by atoms with van der Waals surface area (Å²) in [7, 11) is 0. The normalized spacial score (nSPS) is 15.8. The number of anilines is 1. The summed E-state index contributed by atoms with van der Waals surface area (Å²) in [6.07, 6.45) is 4.86. The van der Waals surface area contributed by atoms with Gasteiger partial charge in [-0.25, -0.2) is 4.68 Å². The molecule has 0 radical (unpaired) electrons. The first-order chi connectivity index (χ1) is 9.74. The first kappa shape index (κ1) is 13.7. The van der Waals surface area contributed by atoms with E-state index in [0.29, 0.717) is 16.8 Å². The van der Waals surface area contributed by atoms with Crippen molar-refractivity contribution in [2.45, 2.75) is 42.6 Å². The van der Waals surface area contributed by atoms with Gasteiger partial charge in [-0.3, -0.25) is 0 Å². The molecule has 1 heterocycles. The van der Waals surface area contributed by atoms with Crippen LogP contribution in [0.4, 0.5) is 5.69 Å². The zero-order valence-electron chi connectivity index (χ0n) is 11.0. The van der Waals surface area contributed by atoms with Crippen molar-refractivity contribution in [2.24, 2.45) is 0 Å². The number of aromatic nitrogens is 4. The highest BCUT2D eigenvalue weighted by Crippen LogP contribution is 2.33. The quantitative estimate of drug-likeness (QED) is 0.693. The summed E-state index contributed by atoms with van der Waals surface area (Å²) in [5, 5.41) is 13.6. The summed E-state index contributed by atoms with van der Waals surface area (Å²) in [6, 6.07) is 6.04. The lowest BCUT2D eigenvalue weighted by Crippen LogP contribution is -2.08. The van der Waals surface area contributed by atoms with Gasteiger partial charge in [-0.1, -0.05) is 42.3 Å². The zero-order chi connectivity index (χ0) is 13.9. The molecule has 106 valence electrons. The van der Waals surface area contributed by atoms with Gasteiger partial charge < -0.3 is 5.73 Å². The van der Waals surface area contributed by atoms with Gasteiger partial charge in [-0.05, 0) is 41.0 Å². The van der Waals surface area contributed by atoms with E-state index < -0.39 is 0 Å². The van der Waals surface area contributed by atoms with Crippen LogP contribution >= 0.6 is 23.4 Å². The first-order valence-corrected chi connectivity index (χ1v) is 8.05. The maximum atomic E-state index is 5.96. The number of hydrogen-bond acceptors (Lipinski definition) is 5. The maximum Gasteiger partial charge on any atom is 0.209 e. The Balaban J connectivity index is 1.70. The van der Waals surface area contributed by atoms with Crippen molar-refractivity contribution in [1.82, 2.24) is 20.2 Å². The highest BCUT2D eigenvalue weighted by atomic mass is 35.5. The average Bonchev–Trinajstić information content (AvgIpc) is 3.08. The molecule has 1 aromatic carbocycles. The van der Waals surface area contributed by atoms with E-state index in [1.807, 2.05) is 16.8 Å². The number of nitrogens with zero attached hydrogens (tertiary/aromatic N) is 4. The highest BCUT2D eigenvalue weighted by molar-refractivity contribution is 7.98. The predicted molar refractivity (Wildman–Crippen MR) is 80.7 cm³/mol. The first-order valence-electron chi connectivity index (χ1n) is 6.68. The standard InChI is InChI=1S/C13H16ClN5S/c14-10-6-5-9(12(15)7-10)8-20-13-16-17-18-19(13)11-3-1-2-4-11/h5-7,11H,1-4,8,15H2. The fraction of sp³-hybridized carbons (Fsp3) is 0.462. The maximum absolute atomic E-state index is 5.96. The number of nitrogens with two attached hydrogens (primary N) is 1. The van der Waals surface area contributed by atoms with Crippen LogP contribution in [0.25, 0.3) is 0 Å². The van der Waals surface area contributed by atoms with E-state index in [-0.39, 0.29) is 0 Å². The van der Waals surface area contributed by atoms with Crippen molar-refractivity contribution in [3.8, 4) is 0 Å². The van der Waals surface area contributed by atoms with Crippen LogP contribution in [0.2, 0.25) is 5.02 Å². The fourth-order valence-corrected chi connectivity index (χ4v) is 3.64. The molecule has 0 saturated heterocycles. The lowest BCUT2D eigenvalue weighted by atomic mass is 10.2. The lowest BCUT2D eigenvalue weighted by molar-refractivity contribution is 0.423. The van der Waals surface area contributed by atoms with Gasteiger partial charge >= 0.3 is 0 Å².